The van der Waals surface area contributed by atoms with Crippen molar-refractivity contribution in [3.05, 3.63) is 56.8 Å². The van der Waals surface area contributed by atoms with E-state index < -0.39 is 28.5 Å². The molecule has 9 heteroatoms. The molecule has 0 unspecified atom stereocenters. The molecule has 120 valence electrons. The molecule has 0 radical (unpaired) electrons. The van der Waals surface area contributed by atoms with Gasteiger partial charge in [-0.05, 0) is 28.6 Å². The summed E-state index contributed by atoms with van der Waals surface area (Å²) in [5.41, 5.74) is -1.59. The lowest BCUT2D eigenvalue weighted by molar-refractivity contribution is 0.425. The number of benzene rings is 1. The molecule has 0 saturated carbocycles. The summed E-state index contributed by atoms with van der Waals surface area (Å²) in [6.07, 6.45) is 0.633. The van der Waals surface area contributed by atoms with Gasteiger partial charge < -0.3 is 19.4 Å². The SMILES string of the molecule is C=C1Oc2c(O)c(N=O)cc3c(=O)occ(O)c(N=O)cc1cc23. The smallest absolute Gasteiger partial charge is 0.343 e. The number of rotatable bonds is 2. The van der Waals surface area contributed by atoms with Crippen LogP contribution in [0.15, 0.2) is 50.6 Å². The van der Waals surface area contributed by atoms with Gasteiger partial charge in [-0.25, -0.2) is 4.79 Å². The van der Waals surface area contributed by atoms with Crippen molar-refractivity contribution in [1.29, 1.82) is 0 Å². The van der Waals surface area contributed by atoms with Crippen molar-refractivity contribution in [2.45, 2.75) is 0 Å². The van der Waals surface area contributed by atoms with Gasteiger partial charge in [0.05, 0.1) is 5.39 Å². The molecule has 1 aliphatic heterocycles. The molecule has 2 bridgehead atoms. The molecular formula is C15H8N2O7. The van der Waals surface area contributed by atoms with Gasteiger partial charge in [0.1, 0.15) is 12.0 Å². The predicted octanol–water partition coefficient (Wildman–Crippen LogP) is 3.49. The van der Waals surface area contributed by atoms with Crippen molar-refractivity contribution in [3.8, 4) is 17.2 Å². The summed E-state index contributed by atoms with van der Waals surface area (Å²) >= 11 is 0. The molecule has 9 nitrogen and oxygen atoms in total. The van der Waals surface area contributed by atoms with Crippen molar-refractivity contribution < 1.29 is 19.4 Å². The Kier molecular flexibility index (Phi) is 3.45. The number of hydrogen-bond acceptors (Lipinski definition) is 9. The molecule has 3 rings (SSSR count). The Morgan fingerprint density at radius 2 is 1.71 bits per heavy atom. The quantitative estimate of drug-likeness (QED) is 0.804. The van der Waals surface area contributed by atoms with E-state index in [0.29, 0.717) is 6.26 Å². The van der Waals surface area contributed by atoms with E-state index in [0.717, 1.165) is 12.1 Å². The van der Waals surface area contributed by atoms with E-state index in [1.807, 2.05) is 0 Å². The fraction of sp³-hybridized carbons (Fsp3) is 0. The number of phenolic OH excluding ortho intramolecular Hbond substituents is 1. The fourth-order valence-electron chi connectivity index (χ4n) is 2.20. The second-order valence-electron chi connectivity index (χ2n) is 4.78. The third kappa shape index (κ3) is 2.24. The molecule has 24 heavy (non-hydrogen) atoms. The summed E-state index contributed by atoms with van der Waals surface area (Å²) in [4.78, 5) is 33.8. The van der Waals surface area contributed by atoms with Crippen molar-refractivity contribution in [2.24, 2.45) is 10.4 Å². The van der Waals surface area contributed by atoms with Crippen LogP contribution in [0.3, 0.4) is 0 Å². The molecule has 0 fully saturated rings. The molecule has 1 aliphatic rings. The van der Waals surface area contributed by atoms with Crippen LogP contribution in [0, 0.1) is 9.81 Å². The normalized spacial score (nSPS) is 11.8. The topological polar surface area (TPSA) is 139 Å². The highest BCUT2D eigenvalue weighted by Crippen LogP contribution is 2.45. The molecule has 0 atom stereocenters. The zero-order valence-corrected chi connectivity index (χ0v) is 11.8. The average molecular weight is 328 g/mol. The number of hydrogen-bond donors (Lipinski definition) is 2. The highest BCUT2D eigenvalue weighted by molar-refractivity contribution is 5.97. The van der Waals surface area contributed by atoms with E-state index in [-0.39, 0.29) is 27.8 Å². The first-order valence-corrected chi connectivity index (χ1v) is 6.44. The number of ether oxygens (including phenoxy) is 1. The van der Waals surface area contributed by atoms with Gasteiger partial charge in [-0.2, -0.15) is 0 Å². The summed E-state index contributed by atoms with van der Waals surface area (Å²) in [6.45, 7) is 3.61. The Labute approximate surface area is 132 Å². The number of nitroso groups, excluding NO2 is 2. The minimum Gasteiger partial charge on any atom is -0.503 e. The van der Waals surface area contributed by atoms with Crippen LogP contribution in [-0.2, 0) is 0 Å². The number of nitrogens with zero attached hydrogens (tertiary/aromatic N) is 2. The third-order valence-corrected chi connectivity index (χ3v) is 3.37. The first-order valence-electron chi connectivity index (χ1n) is 6.44. The molecule has 1 aromatic heterocycles. The van der Waals surface area contributed by atoms with Crippen LogP contribution in [0.25, 0.3) is 16.5 Å². The Morgan fingerprint density at radius 1 is 1.00 bits per heavy atom. The third-order valence-electron chi connectivity index (χ3n) is 3.37. The van der Waals surface area contributed by atoms with Gasteiger partial charge in [0.2, 0.25) is 0 Å². The lowest BCUT2D eigenvalue weighted by atomic mass is 10.1. The lowest BCUT2D eigenvalue weighted by Crippen LogP contribution is -2.03. The van der Waals surface area contributed by atoms with Gasteiger partial charge in [0.25, 0.3) is 0 Å². The summed E-state index contributed by atoms with van der Waals surface area (Å²) in [7, 11) is 0. The van der Waals surface area contributed by atoms with Gasteiger partial charge in [-0.15, -0.1) is 9.81 Å². The Balaban J connectivity index is 2.64. The first-order chi connectivity index (χ1) is 11.5. The molecular weight excluding hydrogens is 320 g/mol. The molecule has 2 aromatic rings. The molecule has 0 aliphatic carbocycles. The highest BCUT2D eigenvalue weighted by Gasteiger charge is 2.22. The zero-order chi connectivity index (χ0) is 17.4. The minimum absolute atomic E-state index is 0.00492. The molecule has 0 spiro atoms. The van der Waals surface area contributed by atoms with E-state index in [1.54, 1.807) is 0 Å². The van der Waals surface area contributed by atoms with E-state index >= 15 is 0 Å². The van der Waals surface area contributed by atoms with Gasteiger partial charge in [-0.1, -0.05) is 6.58 Å². The lowest BCUT2D eigenvalue weighted by Gasteiger charge is -2.17. The van der Waals surface area contributed by atoms with Crippen LogP contribution in [-0.4, -0.2) is 10.2 Å². The largest absolute Gasteiger partial charge is 0.503 e. The minimum atomic E-state index is -0.971. The van der Waals surface area contributed by atoms with E-state index in [9.17, 15) is 24.8 Å². The standard InChI is InChI=1S/C15H8N2O7/c1-6-7-2-8-9(4-11(17-22)13(19)14(8)24-6)15(20)23-5-12(18)10(3-7)16-21/h2-5,18-19H,1H2. The molecule has 2 N–H and O–H groups in total. The van der Waals surface area contributed by atoms with E-state index in [1.165, 1.54) is 6.07 Å². The second kappa shape index (κ2) is 5.47. The van der Waals surface area contributed by atoms with Crippen LogP contribution < -0.4 is 10.4 Å². The van der Waals surface area contributed by atoms with E-state index in [4.69, 9.17) is 9.15 Å². The number of fused-ring (bicyclic) bond motifs is 1. The van der Waals surface area contributed by atoms with Gasteiger partial charge in [0.15, 0.2) is 28.6 Å². The summed E-state index contributed by atoms with van der Waals surface area (Å²) in [5.74, 6) is -1.46. The van der Waals surface area contributed by atoms with Crippen molar-refractivity contribution in [3.63, 3.8) is 0 Å². The van der Waals surface area contributed by atoms with Crippen molar-refractivity contribution >= 4 is 27.9 Å². The monoisotopic (exact) mass is 328 g/mol. The Bertz CT molecular complexity index is 1040. The molecule has 0 amide bonds. The second-order valence-corrected chi connectivity index (χ2v) is 4.78. The Hall–Kier alpha value is -3.75. The van der Waals surface area contributed by atoms with Gasteiger partial charge in [0, 0.05) is 10.9 Å². The van der Waals surface area contributed by atoms with Crippen LogP contribution in [0.2, 0.25) is 0 Å². The van der Waals surface area contributed by atoms with Crippen LogP contribution in [0.5, 0.6) is 17.2 Å². The maximum absolute atomic E-state index is 12.2. The number of phenols is 1. The number of aromatic hydroxyl groups is 2. The summed E-state index contributed by atoms with van der Waals surface area (Å²) < 4.78 is 10.1. The summed E-state index contributed by atoms with van der Waals surface area (Å²) in [5, 5.41) is 25.0. The fourth-order valence-corrected chi connectivity index (χ4v) is 2.20. The highest BCUT2D eigenvalue weighted by atomic mass is 16.5. The van der Waals surface area contributed by atoms with Crippen molar-refractivity contribution in [2.75, 3.05) is 0 Å². The Morgan fingerprint density at radius 3 is 2.38 bits per heavy atom. The van der Waals surface area contributed by atoms with Crippen LogP contribution in [0.4, 0.5) is 11.4 Å². The van der Waals surface area contributed by atoms with Crippen molar-refractivity contribution in [1.82, 2.24) is 0 Å². The van der Waals surface area contributed by atoms with E-state index in [2.05, 4.69) is 16.9 Å². The maximum Gasteiger partial charge on any atom is 0.343 e. The average Bonchev–Trinajstić information content (AvgIpc) is 2.58. The maximum atomic E-state index is 12.2. The molecule has 1 aromatic carbocycles. The van der Waals surface area contributed by atoms with Crippen LogP contribution >= 0.6 is 0 Å². The predicted molar refractivity (Wildman–Crippen MR) is 84.0 cm³/mol. The molecule has 2 heterocycles. The van der Waals surface area contributed by atoms with Crippen LogP contribution in [0.1, 0.15) is 5.56 Å². The van der Waals surface area contributed by atoms with Gasteiger partial charge >= 0.3 is 5.63 Å². The summed E-state index contributed by atoms with van der Waals surface area (Å²) in [6, 6.07) is 3.55. The molecule has 0 saturated heterocycles. The van der Waals surface area contributed by atoms with Gasteiger partial charge in [-0.3, -0.25) is 0 Å². The zero-order valence-electron chi connectivity index (χ0n) is 11.8. The first kappa shape index (κ1) is 15.2.